The highest BCUT2D eigenvalue weighted by Crippen LogP contribution is 2.36. The van der Waals surface area contributed by atoms with Crippen molar-refractivity contribution in [3.8, 4) is 16.9 Å². The van der Waals surface area contributed by atoms with E-state index >= 15 is 0 Å². The Morgan fingerprint density at radius 2 is 1.33 bits per heavy atom. The highest BCUT2D eigenvalue weighted by atomic mass is 19.4. The molecule has 0 spiro atoms. The standard InChI is InChI=1S/C20H15F3O/c21-20(22,23)18-12-6-7-13-19(18)24-14-16-10-4-5-11-17(16)15-8-2-1-3-9-15/h1-13H,14H2. The molecule has 3 aromatic rings. The van der Waals surface area contributed by atoms with E-state index in [1.54, 1.807) is 0 Å². The van der Waals surface area contributed by atoms with Gasteiger partial charge in [-0.1, -0.05) is 66.7 Å². The quantitative estimate of drug-likeness (QED) is 0.575. The average molecular weight is 328 g/mol. The van der Waals surface area contributed by atoms with E-state index in [2.05, 4.69) is 0 Å². The van der Waals surface area contributed by atoms with Crippen LogP contribution in [0.5, 0.6) is 5.75 Å². The van der Waals surface area contributed by atoms with Crippen molar-refractivity contribution in [3.63, 3.8) is 0 Å². The van der Waals surface area contributed by atoms with Gasteiger partial charge in [-0.15, -0.1) is 0 Å². The number of ether oxygens (including phenoxy) is 1. The van der Waals surface area contributed by atoms with Crippen molar-refractivity contribution in [3.05, 3.63) is 90.0 Å². The van der Waals surface area contributed by atoms with Crippen molar-refractivity contribution in [1.82, 2.24) is 0 Å². The molecule has 0 radical (unpaired) electrons. The second kappa shape index (κ2) is 6.79. The maximum atomic E-state index is 13.0. The molecule has 0 saturated carbocycles. The third kappa shape index (κ3) is 3.59. The third-order valence-electron chi connectivity index (χ3n) is 3.68. The second-order valence-electron chi connectivity index (χ2n) is 5.31. The van der Waals surface area contributed by atoms with Crippen LogP contribution < -0.4 is 4.74 Å². The second-order valence-corrected chi connectivity index (χ2v) is 5.31. The smallest absolute Gasteiger partial charge is 0.419 e. The fraction of sp³-hybridized carbons (Fsp3) is 0.100. The minimum Gasteiger partial charge on any atom is -0.488 e. The van der Waals surface area contributed by atoms with E-state index in [-0.39, 0.29) is 12.4 Å². The van der Waals surface area contributed by atoms with E-state index < -0.39 is 11.7 Å². The van der Waals surface area contributed by atoms with Gasteiger partial charge in [-0.05, 0) is 28.8 Å². The predicted octanol–water partition coefficient (Wildman–Crippen LogP) is 5.95. The van der Waals surface area contributed by atoms with Gasteiger partial charge < -0.3 is 4.74 Å². The van der Waals surface area contributed by atoms with Gasteiger partial charge in [0.15, 0.2) is 0 Å². The Balaban J connectivity index is 1.87. The minimum atomic E-state index is -4.43. The molecule has 0 N–H and O–H groups in total. The van der Waals surface area contributed by atoms with Crippen molar-refractivity contribution in [2.45, 2.75) is 12.8 Å². The van der Waals surface area contributed by atoms with Crippen LogP contribution in [0.3, 0.4) is 0 Å². The lowest BCUT2D eigenvalue weighted by molar-refractivity contribution is -0.139. The Hall–Kier alpha value is -2.75. The summed E-state index contributed by atoms with van der Waals surface area (Å²) < 4.78 is 44.6. The van der Waals surface area contributed by atoms with Crippen LogP contribution >= 0.6 is 0 Å². The minimum absolute atomic E-state index is 0.0676. The van der Waals surface area contributed by atoms with Crippen LogP contribution in [0.15, 0.2) is 78.9 Å². The predicted molar refractivity (Wildman–Crippen MR) is 87.7 cm³/mol. The van der Waals surface area contributed by atoms with Gasteiger partial charge in [0.2, 0.25) is 0 Å². The third-order valence-corrected chi connectivity index (χ3v) is 3.68. The summed E-state index contributed by atoms with van der Waals surface area (Å²) >= 11 is 0. The Morgan fingerprint density at radius 3 is 2.08 bits per heavy atom. The lowest BCUT2D eigenvalue weighted by Gasteiger charge is -2.15. The molecule has 0 fully saturated rings. The molecule has 0 saturated heterocycles. The number of alkyl halides is 3. The Bertz CT molecular complexity index is 810. The summed E-state index contributed by atoms with van der Waals surface area (Å²) in [4.78, 5) is 0. The molecule has 4 heteroatoms. The zero-order valence-corrected chi connectivity index (χ0v) is 12.8. The molecule has 0 bridgehead atoms. The summed E-state index contributed by atoms with van der Waals surface area (Å²) in [6.45, 7) is 0.0676. The van der Waals surface area contributed by atoms with E-state index in [0.29, 0.717) is 0 Å². The summed E-state index contributed by atoms with van der Waals surface area (Å²) in [5.41, 5.74) is 2.02. The SMILES string of the molecule is FC(F)(F)c1ccccc1OCc1ccccc1-c1ccccc1. The summed E-state index contributed by atoms with van der Waals surface area (Å²) in [5, 5.41) is 0. The molecular formula is C20H15F3O. The zero-order valence-electron chi connectivity index (χ0n) is 12.8. The number of benzene rings is 3. The van der Waals surface area contributed by atoms with Gasteiger partial charge in [-0.3, -0.25) is 0 Å². The molecule has 0 aromatic heterocycles. The van der Waals surface area contributed by atoms with Gasteiger partial charge in [0, 0.05) is 0 Å². The van der Waals surface area contributed by atoms with Crippen LogP contribution in [0.2, 0.25) is 0 Å². The normalized spacial score (nSPS) is 11.3. The van der Waals surface area contributed by atoms with Crippen LogP contribution in [-0.4, -0.2) is 0 Å². The molecule has 0 aliphatic carbocycles. The fourth-order valence-electron chi connectivity index (χ4n) is 2.53. The molecule has 3 aromatic carbocycles. The van der Waals surface area contributed by atoms with Crippen LogP contribution in [0, 0.1) is 0 Å². The van der Waals surface area contributed by atoms with Crippen LogP contribution in [0.4, 0.5) is 13.2 Å². The molecule has 0 unspecified atom stereocenters. The zero-order chi connectivity index (χ0) is 17.0. The molecule has 0 heterocycles. The van der Waals surface area contributed by atoms with Crippen LogP contribution in [0.25, 0.3) is 11.1 Å². The number of hydrogen-bond acceptors (Lipinski definition) is 1. The molecule has 0 aliphatic heterocycles. The fourth-order valence-corrected chi connectivity index (χ4v) is 2.53. The topological polar surface area (TPSA) is 9.23 Å². The number of para-hydroxylation sites is 1. The van der Waals surface area contributed by atoms with Gasteiger partial charge >= 0.3 is 6.18 Å². The number of rotatable bonds is 4. The summed E-state index contributed by atoms with van der Waals surface area (Å²) in [6.07, 6.45) is -4.43. The number of hydrogen-bond donors (Lipinski definition) is 0. The van der Waals surface area contributed by atoms with Crippen LogP contribution in [-0.2, 0) is 12.8 Å². The molecule has 3 rings (SSSR count). The first-order chi connectivity index (χ1) is 11.6. The van der Waals surface area contributed by atoms with E-state index in [1.807, 2.05) is 54.6 Å². The average Bonchev–Trinajstić information content (AvgIpc) is 2.60. The molecule has 0 amide bonds. The van der Waals surface area contributed by atoms with Crippen LogP contribution in [0.1, 0.15) is 11.1 Å². The lowest BCUT2D eigenvalue weighted by atomic mass is 10.0. The first kappa shape index (κ1) is 16.1. The molecule has 1 nitrogen and oxygen atoms in total. The Morgan fingerprint density at radius 1 is 0.708 bits per heavy atom. The molecule has 122 valence electrons. The first-order valence-corrected chi connectivity index (χ1v) is 7.48. The molecule has 0 atom stereocenters. The maximum absolute atomic E-state index is 13.0. The van der Waals surface area contributed by atoms with Gasteiger partial charge in [0.1, 0.15) is 12.4 Å². The molecule has 0 aliphatic rings. The van der Waals surface area contributed by atoms with Crippen molar-refractivity contribution in [2.75, 3.05) is 0 Å². The van der Waals surface area contributed by atoms with Crippen molar-refractivity contribution < 1.29 is 17.9 Å². The Kier molecular flexibility index (Phi) is 4.56. The highest BCUT2D eigenvalue weighted by molar-refractivity contribution is 5.67. The number of halogens is 3. The van der Waals surface area contributed by atoms with E-state index in [0.717, 1.165) is 22.8 Å². The lowest BCUT2D eigenvalue weighted by Crippen LogP contribution is -2.08. The van der Waals surface area contributed by atoms with E-state index in [4.69, 9.17) is 4.74 Å². The summed E-state index contributed by atoms with van der Waals surface area (Å²) in [6, 6.07) is 22.5. The first-order valence-electron chi connectivity index (χ1n) is 7.48. The van der Waals surface area contributed by atoms with Gasteiger partial charge in [0.25, 0.3) is 0 Å². The van der Waals surface area contributed by atoms with Crippen molar-refractivity contribution in [1.29, 1.82) is 0 Å². The van der Waals surface area contributed by atoms with Gasteiger partial charge in [-0.2, -0.15) is 13.2 Å². The monoisotopic (exact) mass is 328 g/mol. The van der Waals surface area contributed by atoms with Gasteiger partial charge in [0.05, 0.1) is 5.56 Å². The van der Waals surface area contributed by atoms with Gasteiger partial charge in [-0.25, -0.2) is 0 Å². The van der Waals surface area contributed by atoms with E-state index in [9.17, 15) is 13.2 Å². The van der Waals surface area contributed by atoms with Crippen molar-refractivity contribution >= 4 is 0 Å². The molecular weight excluding hydrogens is 313 g/mol. The summed E-state index contributed by atoms with van der Waals surface area (Å²) in [7, 11) is 0. The Labute approximate surface area is 138 Å². The van der Waals surface area contributed by atoms with E-state index in [1.165, 1.54) is 18.2 Å². The largest absolute Gasteiger partial charge is 0.488 e. The maximum Gasteiger partial charge on any atom is 0.419 e. The summed E-state index contributed by atoms with van der Waals surface area (Å²) in [5.74, 6) is -0.159. The van der Waals surface area contributed by atoms with Crippen molar-refractivity contribution in [2.24, 2.45) is 0 Å². The highest BCUT2D eigenvalue weighted by Gasteiger charge is 2.34. The molecule has 24 heavy (non-hydrogen) atoms.